The lowest BCUT2D eigenvalue weighted by atomic mass is 10.1. The van der Waals surface area contributed by atoms with Gasteiger partial charge < -0.3 is 10.1 Å². The molecular weight excluding hydrogens is 418 g/mol. The van der Waals surface area contributed by atoms with E-state index in [0.29, 0.717) is 39.8 Å². The second kappa shape index (κ2) is 9.57. The van der Waals surface area contributed by atoms with Crippen molar-refractivity contribution in [2.24, 2.45) is 0 Å². The normalized spacial score (nSPS) is 10.6. The van der Waals surface area contributed by atoms with Gasteiger partial charge in [0.25, 0.3) is 5.91 Å². The Morgan fingerprint density at radius 2 is 1.84 bits per heavy atom. The number of nitrogens with zero attached hydrogens (tertiary/aromatic N) is 2. The topological polar surface area (TPSA) is 90.3 Å². The molecule has 31 heavy (non-hydrogen) atoms. The van der Waals surface area contributed by atoms with Crippen molar-refractivity contribution >= 4 is 34.9 Å². The summed E-state index contributed by atoms with van der Waals surface area (Å²) in [6, 6.07) is 13.9. The number of amides is 1. The summed E-state index contributed by atoms with van der Waals surface area (Å²) < 4.78 is 6.87. The van der Waals surface area contributed by atoms with E-state index in [2.05, 4.69) is 10.4 Å². The third kappa shape index (κ3) is 5.38. The van der Waals surface area contributed by atoms with Gasteiger partial charge in [0.05, 0.1) is 17.9 Å². The summed E-state index contributed by atoms with van der Waals surface area (Å²) in [5.41, 5.74) is 3.25. The van der Waals surface area contributed by atoms with E-state index in [4.69, 9.17) is 16.3 Å². The van der Waals surface area contributed by atoms with Crippen molar-refractivity contribution in [3.8, 4) is 0 Å². The standard InChI is InChI=1S/C23H22ClN3O4/c1-14-22(15(2)27(26-14)12-18-7-4-5-10-20(18)24)23(30)31-13-21(29)25-19-9-6-8-17(11-19)16(3)28/h4-11H,12-13H2,1-3H3,(H,25,29). The molecule has 3 rings (SSSR count). The quantitative estimate of drug-likeness (QED) is 0.440. The van der Waals surface area contributed by atoms with Crippen LogP contribution in [0.4, 0.5) is 5.69 Å². The van der Waals surface area contributed by atoms with E-state index in [1.807, 2.05) is 18.2 Å². The van der Waals surface area contributed by atoms with E-state index in [1.165, 1.54) is 6.92 Å². The van der Waals surface area contributed by atoms with Crippen LogP contribution < -0.4 is 5.32 Å². The first-order valence-corrected chi connectivity index (χ1v) is 9.99. The average molecular weight is 440 g/mol. The van der Waals surface area contributed by atoms with Gasteiger partial charge in [-0.2, -0.15) is 5.10 Å². The number of carbonyl (C=O) groups excluding carboxylic acids is 3. The number of anilines is 1. The molecule has 7 nitrogen and oxygen atoms in total. The molecule has 0 saturated carbocycles. The number of benzene rings is 2. The van der Waals surface area contributed by atoms with Crippen molar-refractivity contribution < 1.29 is 19.1 Å². The molecule has 1 N–H and O–H groups in total. The monoisotopic (exact) mass is 439 g/mol. The lowest BCUT2D eigenvalue weighted by molar-refractivity contribution is -0.119. The highest BCUT2D eigenvalue weighted by Crippen LogP contribution is 2.20. The van der Waals surface area contributed by atoms with Crippen molar-refractivity contribution in [2.75, 3.05) is 11.9 Å². The third-order valence-electron chi connectivity index (χ3n) is 4.75. The summed E-state index contributed by atoms with van der Waals surface area (Å²) in [4.78, 5) is 36.2. The Morgan fingerprint density at radius 1 is 1.10 bits per heavy atom. The number of ketones is 1. The van der Waals surface area contributed by atoms with Gasteiger partial charge in [-0.05, 0) is 44.5 Å². The van der Waals surface area contributed by atoms with Crippen molar-refractivity contribution in [1.29, 1.82) is 0 Å². The number of Topliss-reactive ketones (excluding diaryl/α,β-unsaturated/α-hetero) is 1. The highest BCUT2D eigenvalue weighted by molar-refractivity contribution is 6.31. The fourth-order valence-electron chi connectivity index (χ4n) is 3.15. The van der Waals surface area contributed by atoms with Crippen LogP contribution in [0.1, 0.15) is 44.6 Å². The molecule has 0 fully saturated rings. The van der Waals surface area contributed by atoms with E-state index in [-0.39, 0.29) is 5.78 Å². The fourth-order valence-corrected chi connectivity index (χ4v) is 3.35. The van der Waals surface area contributed by atoms with Crippen LogP contribution in [0.15, 0.2) is 48.5 Å². The van der Waals surface area contributed by atoms with Crippen LogP contribution in [-0.4, -0.2) is 34.0 Å². The first-order chi connectivity index (χ1) is 14.8. The Labute approximate surface area is 185 Å². The summed E-state index contributed by atoms with van der Waals surface area (Å²) in [6.07, 6.45) is 0. The molecule has 0 unspecified atom stereocenters. The Bertz CT molecular complexity index is 1150. The number of carbonyl (C=O) groups is 3. The molecule has 0 aliphatic rings. The highest BCUT2D eigenvalue weighted by Gasteiger charge is 2.21. The maximum atomic E-state index is 12.6. The molecule has 8 heteroatoms. The Balaban J connectivity index is 1.65. The first-order valence-electron chi connectivity index (χ1n) is 9.61. The number of ether oxygens (including phenoxy) is 1. The molecule has 1 aromatic heterocycles. The number of esters is 1. The van der Waals surface area contributed by atoms with Crippen LogP contribution in [-0.2, 0) is 16.1 Å². The van der Waals surface area contributed by atoms with Gasteiger partial charge in [0, 0.05) is 16.3 Å². The Kier molecular flexibility index (Phi) is 6.87. The number of hydrogen-bond acceptors (Lipinski definition) is 5. The predicted octanol–water partition coefficient (Wildman–Crippen LogP) is 4.20. The lowest BCUT2D eigenvalue weighted by Crippen LogP contribution is -2.21. The number of aryl methyl sites for hydroxylation is 1. The summed E-state index contributed by atoms with van der Waals surface area (Å²) in [7, 11) is 0. The zero-order chi connectivity index (χ0) is 22.5. The van der Waals surface area contributed by atoms with Gasteiger partial charge in [0.15, 0.2) is 12.4 Å². The summed E-state index contributed by atoms with van der Waals surface area (Å²) in [5.74, 6) is -1.25. The van der Waals surface area contributed by atoms with Gasteiger partial charge in [-0.25, -0.2) is 4.79 Å². The molecule has 3 aromatic rings. The second-order valence-corrected chi connectivity index (χ2v) is 7.46. The van der Waals surface area contributed by atoms with E-state index in [9.17, 15) is 14.4 Å². The number of halogens is 1. The molecule has 1 heterocycles. The van der Waals surface area contributed by atoms with E-state index >= 15 is 0 Å². The van der Waals surface area contributed by atoms with Crippen LogP contribution in [0, 0.1) is 13.8 Å². The molecule has 0 bridgehead atoms. The minimum absolute atomic E-state index is 0.109. The minimum atomic E-state index is -0.631. The zero-order valence-electron chi connectivity index (χ0n) is 17.4. The maximum absolute atomic E-state index is 12.6. The molecule has 0 saturated heterocycles. The van der Waals surface area contributed by atoms with Crippen LogP contribution in [0.5, 0.6) is 0 Å². The molecule has 0 aliphatic heterocycles. The summed E-state index contributed by atoms with van der Waals surface area (Å²) >= 11 is 6.22. The van der Waals surface area contributed by atoms with Crippen molar-refractivity contribution in [1.82, 2.24) is 9.78 Å². The Morgan fingerprint density at radius 3 is 2.55 bits per heavy atom. The minimum Gasteiger partial charge on any atom is -0.452 e. The number of hydrogen-bond donors (Lipinski definition) is 1. The van der Waals surface area contributed by atoms with Gasteiger partial charge in [-0.3, -0.25) is 14.3 Å². The molecule has 160 valence electrons. The van der Waals surface area contributed by atoms with Crippen LogP contribution in [0.2, 0.25) is 5.02 Å². The molecule has 0 aliphatic carbocycles. The number of aromatic nitrogens is 2. The maximum Gasteiger partial charge on any atom is 0.342 e. The predicted molar refractivity (Wildman–Crippen MR) is 118 cm³/mol. The molecular formula is C23H22ClN3O4. The van der Waals surface area contributed by atoms with Crippen molar-refractivity contribution in [3.05, 3.63) is 81.6 Å². The van der Waals surface area contributed by atoms with Crippen LogP contribution >= 0.6 is 11.6 Å². The van der Waals surface area contributed by atoms with Gasteiger partial charge in [-0.1, -0.05) is 41.9 Å². The largest absolute Gasteiger partial charge is 0.452 e. The van der Waals surface area contributed by atoms with Gasteiger partial charge in [-0.15, -0.1) is 0 Å². The van der Waals surface area contributed by atoms with Crippen molar-refractivity contribution in [3.63, 3.8) is 0 Å². The van der Waals surface area contributed by atoms with Crippen LogP contribution in [0.3, 0.4) is 0 Å². The van der Waals surface area contributed by atoms with Crippen molar-refractivity contribution in [2.45, 2.75) is 27.3 Å². The number of rotatable bonds is 7. The van der Waals surface area contributed by atoms with E-state index in [0.717, 1.165) is 5.56 Å². The first kappa shape index (κ1) is 22.2. The molecule has 0 spiro atoms. The van der Waals surface area contributed by atoms with Crippen LogP contribution in [0.25, 0.3) is 0 Å². The summed E-state index contributed by atoms with van der Waals surface area (Å²) in [5, 5.41) is 7.64. The molecule has 1 amide bonds. The van der Waals surface area contributed by atoms with Gasteiger partial charge in [0.2, 0.25) is 0 Å². The summed E-state index contributed by atoms with van der Waals surface area (Å²) in [6.45, 7) is 4.87. The van der Waals surface area contributed by atoms with E-state index < -0.39 is 18.5 Å². The smallest absolute Gasteiger partial charge is 0.342 e. The van der Waals surface area contributed by atoms with Gasteiger partial charge in [0.1, 0.15) is 5.56 Å². The van der Waals surface area contributed by atoms with Gasteiger partial charge >= 0.3 is 5.97 Å². The fraction of sp³-hybridized carbons (Fsp3) is 0.217. The lowest BCUT2D eigenvalue weighted by Gasteiger charge is -2.09. The third-order valence-corrected chi connectivity index (χ3v) is 5.12. The second-order valence-electron chi connectivity index (χ2n) is 7.06. The highest BCUT2D eigenvalue weighted by atomic mass is 35.5. The molecule has 0 radical (unpaired) electrons. The molecule has 2 aromatic carbocycles. The number of nitrogens with one attached hydrogen (secondary N) is 1. The van der Waals surface area contributed by atoms with E-state index in [1.54, 1.807) is 48.9 Å². The SMILES string of the molecule is CC(=O)c1cccc(NC(=O)COC(=O)c2c(C)nn(Cc3ccccc3Cl)c2C)c1. The zero-order valence-corrected chi connectivity index (χ0v) is 18.2. The average Bonchev–Trinajstić information content (AvgIpc) is 3.01. The Hall–Kier alpha value is -3.45. The molecule has 0 atom stereocenters.